The van der Waals surface area contributed by atoms with Crippen molar-refractivity contribution in [2.45, 2.75) is 6.92 Å². The Bertz CT molecular complexity index is 1270. The van der Waals surface area contributed by atoms with Gasteiger partial charge < -0.3 is 10.5 Å². The molecule has 0 aliphatic heterocycles. The highest BCUT2D eigenvalue weighted by Gasteiger charge is 2.24. The lowest BCUT2D eigenvalue weighted by molar-refractivity contribution is -0.384. The number of rotatable bonds is 5. The van der Waals surface area contributed by atoms with Gasteiger partial charge in [-0.25, -0.2) is 14.8 Å². The number of ether oxygens (including phenoxy) is 1. The summed E-state index contributed by atoms with van der Waals surface area (Å²) in [4.78, 5) is 33.1. The molecule has 4 aromatic rings. The number of nitrogen functional groups attached to an aromatic ring is 1. The number of nitrogens with two attached hydrogens (primary N) is 1. The average molecular weight is 420 g/mol. The number of fused-ring (bicyclic) bond motifs is 1. The molecule has 9 heteroatoms. The monoisotopic (exact) mass is 420 g/mol. The number of hydrogen-bond acceptors (Lipinski definition) is 8. The molecule has 0 aliphatic carbocycles. The summed E-state index contributed by atoms with van der Waals surface area (Å²) in [6.07, 6.45) is 0. The Balaban J connectivity index is 2.02. The second-order valence-corrected chi connectivity index (χ2v) is 7.31. The van der Waals surface area contributed by atoms with Crippen LogP contribution in [0.4, 0.5) is 11.4 Å². The summed E-state index contributed by atoms with van der Waals surface area (Å²) < 4.78 is 5.10. The summed E-state index contributed by atoms with van der Waals surface area (Å²) in [5, 5.41) is 11.7. The number of non-ortho nitro benzene ring substituents is 1. The maximum absolute atomic E-state index is 12.4. The van der Waals surface area contributed by atoms with Crippen LogP contribution in [0, 0.1) is 10.1 Å². The van der Waals surface area contributed by atoms with E-state index in [1.165, 1.54) is 12.1 Å². The van der Waals surface area contributed by atoms with Gasteiger partial charge in [0.15, 0.2) is 5.82 Å². The first-order valence-electron chi connectivity index (χ1n) is 9.07. The van der Waals surface area contributed by atoms with Crippen molar-refractivity contribution in [1.29, 1.82) is 0 Å². The van der Waals surface area contributed by atoms with Gasteiger partial charge in [0.2, 0.25) is 0 Å². The van der Waals surface area contributed by atoms with Crippen molar-refractivity contribution in [3.05, 3.63) is 69.6 Å². The molecule has 0 fully saturated rings. The lowest BCUT2D eigenvalue weighted by Gasteiger charge is -2.08. The van der Waals surface area contributed by atoms with E-state index in [0.29, 0.717) is 27.3 Å². The fourth-order valence-electron chi connectivity index (χ4n) is 3.06. The molecule has 30 heavy (non-hydrogen) atoms. The fourth-order valence-corrected chi connectivity index (χ4v) is 4.05. The fraction of sp³-hybridized carbons (Fsp3) is 0.0952. The van der Waals surface area contributed by atoms with Crippen molar-refractivity contribution in [2.24, 2.45) is 0 Å². The van der Waals surface area contributed by atoms with Gasteiger partial charge in [-0.1, -0.05) is 42.5 Å². The molecule has 150 valence electrons. The van der Waals surface area contributed by atoms with Crippen LogP contribution in [0.2, 0.25) is 0 Å². The Morgan fingerprint density at radius 2 is 1.87 bits per heavy atom. The number of carbonyl (C=O) groups excluding carboxylic acids is 1. The van der Waals surface area contributed by atoms with Crippen LogP contribution in [0.3, 0.4) is 0 Å². The summed E-state index contributed by atoms with van der Waals surface area (Å²) in [6, 6.07) is 15.5. The van der Waals surface area contributed by atoms with Gasteiger partial charge in [0.1, 0.15) is 9.71 Å². The van der Waals surface area contributed by atoms with Crippen LogP contribution in [-0.2, 0) is 4.74 Å². The van der Waals surface area contributed by atoms with Gasteiger partial charge in [-0.2, -0.15) is 0 Å². The number of nitro benzene ring substituents is 1. The molecule has 0 bridgehead atoms. The van der Waals surface area contributed by atoms with Gasteiger partial charge in [-0.3, -0.25) is 10.1 Å². The number of benzene rings is 2. The highest BCUT2D eigenvalue weighted by Crippen LogP contribution is 2.40. The summed E-state index contributed by atoms with van der Waals surface area (Å²) >= 11 is 1.12. The molecule has 2 N–H and O–H groups in total. The summed E-state index contributed by atoms with van der Waals surface area (Å²) in [5.74, 6) is -0.106. The number of carbonyl (C=O) groups is 1. The Kier molecular flexibility index (Phi) is 5.11. The normalized spacial score (nSPS) is 10.8. The molecule has 4 rings (SSSR count). The highest BCUT2D eigenvalue weighted by molar-refractivity contribution is 7.21. The molecule has 2 aromatic heterocycles. The van der Waals surface area contributed by atoms with Crippen LogP contribution in [0.25, 0.3) is 32.9 Å². The molecule has 8 nitrogen and oxygen atoms in total. The third-order valence-electron chi connectivity index (χ3n) is 4.41. The SMILES string of the molecule is CCOC(=O)c1sc2nc(-c3ccccc3)nc(-c3cccc([N+](=O)[O-])c3)c2c1N. The van der Waals surface area contributed by atoms with E-state index in [1.54, 1.807) is 19.1 Å². The van der Waals surface area contributed by atoms with E-state index in [9.17, 15) is 14.9 Å². The largest absolute Gasteiger partial charge is 0.462 e. The third kappa shape index (κ3) is 3.46. The minimum absolute atomic E-state index is 0.0695. The predicted molar refractivity (Wildman–Crippen MR) is 115 cm³/mol. The van der Waals surface area contributed by atoms with E-state index in [-0.39, 0.29) is 22.9 Å². The van der Waals surface area contributed by atoms with Crippen LogP contribution in [0.1, 0.15) is 16.6 Å². The van der Waals surface area contributed by atoms with Gasteiger partial charge in [0, 0.05) is 23.3 Å². The molecular formula is C21H16N4O4S. The van der Waals surface area contributed by atoms with Crippen LogP contribution in [0.15, 0.2) is 54.6 Å². The number of anilines is 1. The molecule has 2 heterocycles. The first-order valence-corrected chi connectivity index (χ1v) is 9.88. The first kappa shape index (κ1) is 19.5. The van der Waals surface area contributed by atoms with E-state index in [0.717, 1.165) is 16.9 Å². The zero-order chi connectivity index (χ0) is 21.3. The predicted octanol–water partition coefficient (Wildman–Crippen LogP) is 4.69. The van der Waals surface area contributed by atoms with Crippen molar-refractivity contribution in [3.8, 4) is 22.6 Å². The molecule has 0 saturated carbocycles. The number of esters is 1. The average Bonchev–Trinajstić information content (AvgIpc) is 3.10. The maximum Gasteiger partial charge on any atom is 0.350 e. The van der Waals surface area contributed by atoms with Crippen LogP contribution in [0.5, 0.6) is 0 Å². The lowest BCUT2D eigenvalue weighted by atomic mass is 10.1. The number of thiophene rings is 1. The molecular weight excluding hydrogens is 404 g/mol. The smallest absolute Gasteiger partial charge is 0.350 e. The molecule has 0 saturated heterocycles. The molecule has 0 aliphatic rings. The van der Waals surface area contributed by atoms with Gasteiger partial charge in [0.05, 0.1) is 28.3 Å². The van der Waals surface area contributed by atoms with Crippen molar-refractivity contribution in [3.63, 3.8) is 0 Å². The lowest BCUT2D eigenvalue weighted by Crippen LogP contribution is -2.05. The van der Waals surface area contributed by atoms with Gasteiger partial charge in [-0.15, -0.1) is 11.3 Å². The van der Waals surface area contributed by atoms with E-state index in [2.05, 4.69) is 9.97 Å². The standard InChI is InChI=1S/C21H16N4O4S/c1-2-29-21(26)18-16(22)15-17(13-9-6-10-14(11-13)25(27)28)23-19(24-20(15)30-18)12-7-4-3-5-8-12/h3-11H,2,22H2,1H3. The Morgan fingerprint density at radius 3 is 2.57 bits per heavy atom. The first-order chi connectivity index (χ1) is 14.5. The molecule has 0 atom stereocenters. The Hall–Kier alpha value is -3.85. The van der Waals surface area contributed by atoms with Crippen LogP contribution < -0.4 is 5.73 Å². The van der Waals surface area contributed by atoms with Crippen LogP contribution >= 0.6 is 11.3 Å². The van der Waals surface area contributed by atoms with E-state index < -0.39 is 10.9 Å². The third-order valence-corrected chi connectivity index (χ3v) is 5.49. The van der Waals surface area contributed by atoms with E-state index >= 15 is 0 Å². The van der Waals surface area contributed by atoms with E-state index in [1.807, 2.05) is 30.3 Å². The van der Waals surface area contributed by atoms with Gasteiger partial charge in [-0.05, 0) is 6.92 Å². The molecule has 0 spiro atoms. The number of aromatic nitrogens is 2. The zero-order valence-corrected chi connectivity index (χ0v) is 16.7. The summed E-state index contributed by atoms with van der Waals surface area (Å²) in [7, 11) is 0. The van der Waals surface area contributed by atoms with Crippen molar-refractivity contribution in [1.82, 2.24) is 9.97 Å². The minimum Gasteiger partial charge on any atom is -0.462 e. The maximum atomic E-state index is 12.4. The Labute approximate surface area is 175 Å². The second-order valence-electron chi connectivity index (χ2n) is 6.31. The van der Waals surface area contributed by atoms with Crippen molar-refractivity contribution < 1.29 is 14.5 Å². The number of hydrogen-bond donors (Lipinski definition) is 1. The number of nitrogens with zero attached hydrogens (tertiary/aromatic N) is 3. The Morgan fingerprint density at radius 1 is 1.13 bits per heavy atom. The molecule has 2 aromatic carbocycles. The minimum atomic E-state index is -0.538. The second kappa shape index (κ2) is 7.88. The summed E-state index contributed by atoms with van der Waals surface area (Å²) in [6.45, 7) is 1.93. The highest BCUT2D eigenvalue weighted by atomic mass is 32.1. The van der Waals surface area contributed by atoms with Crippen molar-refractivity contribution in [2.75, 3.05) is 12.3 Å². The zero-order valence-electron chi connectivity index (χ0n) is 15.9. The summed E-state index contributed by atoms with van der Waals surface area (Å²) in [5.41, 5.74) is 8.13. The number of nitro groups is 1. The van der Waals surface area contributed by atoms with Crippen molar-refractivity contribution >= 4 is 38.9 Å². The molecule has 0 amide bonds. The molecule has 0 unspecified atom stereocenters. The molecule has 0 radical (unpaired) electrons. The van der Waals surface area contributed by atoms with Gasteiger partial charge >= 0.3 is 5.97 Å². The van der Waals surface area contributed by atoms with E-state index in [4.69, 9.17) is 10.5 Å². The topological polar surface area (TPSA) is 121 Å². The van der Waals surface area contributed by atoms with Gasteiger partial charge in [0.25, 0.3) is 5.69 Å². The quantitative estimate of drug-likeness (QED) is 0.282. The van der Waals surface area contributed by atoms with Crippen LogP contribution in [-0.4, -0.2) is 27.5 Å².